The zero-order chi connectivity index (χ0) is 37.1. The Morgan fingerprint density at radius 1 is 0.357 bits per heavy atom. The smallest absolute Gasteiger partial charge is 0.143 e. The van der Waals surface area contributed by atoms with E-state index in [1.54, 1.807) is 0 Å². The summed E-state index contributed by atoms with van der Waals surface area (Å²) in [5.74, 6) is 0. The number of furan rings is 1. The van der Waals surface area contributed by atoms with E-state index in [0.717, 1.165) is 11.2 Å². The number of benzene rings is 10. The number of hydrogen-bond donors (Lipinski definition) is 0. The molecule has 56 heavy (non-hydrogen) atoms. The average Bonchev–Trinajstić information content (AvgIpc) is 3.74. The van der Waals surface area contributed by atoms with Gasteiger partial charge < -0.3 is 4.42 Å². The molecule has 0 saturated carbocycles. The minimum atomic E-state index is -0.0819. The van der Waals surface area contributed by atoms with Gasteiger partial charge in [-0.25, -0.2) is 0 Å². The molecule has 0 N–H and O–H groups in total. The van der Waals surface area contributed by atoms with Gasteiger partial charge in [0.15, 0.2) is 0 Å². The third-order valence-corrected chi connectivity index (χ3v) is 12.6. The highest BCUT2D eigenvalue weighted by Crippen LogP contribution is 2.53. The number of rotatable bonds is 3. The van der Waals surface area contributed by atoms with Crippen molar-refractivity contribution in [1.29, 1.82) is 0 Å². The summed E-state index contributed by atoms with van der Waals surface area (Å²) in [7, 11) is 0. The highest BCUT2D eigenvalue weighted by atomic mass is 16.3. The van der Waals surface area contributed by atoms with E-state index in [9.17, 15) is 0 Å². The van der Waals surface area contributed by atoms with Crippen LogP contribution in [0.25, 0.3) is 110 Å². The Bertz CT molecular complexity index is 3370. The minimum absolute atomic E-state index is 0.0819. The van der Waals surface area contributed by atoms with Crippen LogP contribution in [-0.4, -0.2) is 0 Å². The van der Waals surface area contributed by atoms with Crippen molar-refractivity contribution >= 4 is 65.0 Å². The molecule has 1 aromatic heterocycles. The van der Waals surface area contributed by atoms with E-state index in [-0.39, 0.29) is 5.41 Å². The molecule has 1 nitrogen and oxygen atoms in total. The van der Waals surface area contributed by atoms with Crippen LogP contribution in [0.2, 0.25) is 0 Å². The molecule has 0 spiro atoms. The molecule has 0 amide bonds. The highest BCUT2D eigenvalue weighted by molar-refractivity contribution is 6.25. The molecule has 12 rings (SSSR count). The van der Waals surface area contributed by atoms with Gasteiger partial charge in [0.1, 0.15) is 11.2 Å². The van der Waals surface area contributed by atoms with Crippen LogP contribution in [0.4, 0.5) is 0 Å². The maximum absolute atomic E-state index is 6.98. The predicted octanol–water partition coefficient (Wildman–Crippen LogP) is 15.5. The fraction of sp³-hybridized carbons (Fsp3) is 0.0545. The van der Waals surface area contributed by atoms with Gasteiger partial charge in [-0.15, -0.1) is 0 Å². The molecule has 262 valence electrons. The molecule has 0 atom stereocenters. The molecule has 0 aliphatic heterocycles. The Labute approximate surface area is 325 Å². The van der Waals surface area contributed by atoms with Crippen molar-refractivity contribution in [1.82, 2.24) is 0 Å². The lowest BCUT2D eigenvalue weighted by Crippen LogP contribution is -2.14. The summed E-state index contributed by atoms with van der Waals surface area (Å²) in [6.07, 6.45) is 0. The molecule has 1 heteroatoms. The Balaban J connectivity index is 1.04. The van der Waals surface area contributed by atoms with Crippen LogP contribution in [0.5, 0.6) is 0 Å². The van der Waals surface area contributed by atoms with Gasteiger partial charge in [0, 0.05) is 21.8 Å². The number of hydrogen-bond acceptors (Lipinski definition) is 1. The Morgan fingerprint density at radius 3 is 1.62 bits per heavy atom. The summed E-state index contributed by atoms with van der Waals surface area (Å²) < 4.78 is 6.98. The summed E-state index contributed by atoms with van der Waals surface area (Å²) >= 11 is 0. The minimum Gasteiger partial charge on any atom is -0.455 e. The first-order valence-electron chi connectivity index (χ1n) is 19.6. The molecule has 10 aromatic carbocycles. The zero-order valence-electron chi connectivity index (χ0n) is 31.2. The lowest BCUT2D eigenvalue weighted by atomic mass is 9.82. The van der Waals surface area contributed by atoms with Crippen LogP contribution in [0, 0.1) is 0 Å². The van der Waals surface area contributed by atoms with E-state index in [1.165, 1.54) is 109 Å². The Kier molecular flexibility index (Phi) is 6.46. The normalized spacial score (nSPS) is 13.3. The van der Waals surface area contributed by atoms with Gasteiger partial charge in [0.2, 0.25) is 0 Å². The second kappa shape index (κ2) is 11.5. The Hall–Kier alpha value is -6.96. The van der Waals surface area contributed by atoms with Crippen LogP contribution in [0.1, 0.15) is 25.0 Å². The molecule has 11 aromatic rings. The van der Waals surface area contributed by atoms with E-state index in [0.29, 0.717) is 0 Å². The third kappa shape index (κ3) is 4.31. The second-order valence-corrected chi connectivity index (χ2v) is 16.0. The molecule has 1 aliphatic carbocycles. The summed E-state index contributed by atoms with van der Waals surface area (Å²) in [4.78, 5) is 0. The monoisotopic (exact) mass is 712 g/mol. The molecule has 0 bridgehead atoms. The van der Waals surface area contributed by atoms with Crippen molar-refractivity contribution in [2.75, 3.05) is 0 Å². The zero-order valence-corrected chi connectivity index (χ0v) is 31.2. The first-order valence-corrected chi connectivity index (χ1v) is 19.6. The quantitative estimate of drug-likeness (QED) is 0.166. The molecule has 1 aliphatic rings. The van der Waals surface area contributed by atoms with Gasteiger partial charge in [-0.2, -0.15) is 0 Å². The molecule has 0 fully saturated rings. The van der Waals surface area contributed by atoms with Crippen molar-refractivity contribution in [2.45, 2.75) is 19.3 Å². The third-order valence-electron chi connectivity index (χ3n) is 12.6. The molecule has 0 saturated heterocycles. The molecule has 1 heterocycles. The van der Waals surface area contributed by atoms with E-state index in [2.05, 4.69) is 196 Å². The first kappa shape index (κ1) is 31.4. The van der Waals surface area contributed by atoms with Gasteiger partial charge in [-0.05, 0) is 105 Å². The second-order valence-electron chi connectivity index (χ2n) is 16.0. The summed E-state index contributed by atoms with van der Waals surface area (Å²) in [5.41, 5.74) is 14.4. The highest BCUT2D eigenvalue weighted by Gasteiger charge is 2.37. The Morgan fingerprint density at radius 2 is 0.911 bits per heavy atom. The molecular formula is C55H36O. The molecular weight excluding hydrogens is 677 g/mol. The van der Waals surface area contributed by atoms with Crippen LogP contribution in [-0.2, 0) is 5.41 Å². The summed E-state index contributed by atoms with van der Waals surface area (Å²) in [6.45, 7) is 4.66. The van der Waals surface area contributed by atoms with Gasteiger partial charge >= 0.3 is 0 Å². The predicted molar refractivity (Wildman–Crippen MR) is 238 cm³/mol. The lowest BCUT2D eigenvalue weighted by Gasteiger charge is -2.21. The maximum Gasteiger partial charge on any atom is 0.143 e. The van der Waals surface area contributed by atoms with E-state index in [1.807, 2.05) is 0 Å². The van der Waals surface area contributed by atoms with Gasteiger partial charge in [0.25, 0.3) is 0 Å². The standard InChI is InChI=1S/C55H36O/c1-55(2)47-22-12-11-21-44(47)53-48(55)30-29-45-52-39-16-6-5-15-38(39)46(32-49(52)56-54(45)53)34-24-26-35(27-25-34)50-40-17-7-9-19-42(40)51(43-20-10-8-18-41(43)50)37-28-23-33-13-3-4-14-36(33)31-37/h3-32H,1-2H3. The van der Waals surface area contributed by atoms with Crippen molar-refractivity contribution in [3.8, 4) is 44.5 Å². The van der Waals surface area contributed by atoms with Gasteiger partial charge in [-0.3, -0.25) is 0 Å². The van der Waals surface area contributed by atoms with Crippen LogP contribution >= 0.6 is 0 Å². The van der Waals surface area contributed by atoms with E-state index >= 15 is 0 Å². The van der Waals surface area contributed by atoms with Crippen molar-refractivity contribution in [3.05, 3.63) is 193 Å². The summed E-state index contributed by atoms with van der Waals surface area (Å²) in [5, 5.41) is 12.4. The van der Waals surface area contributed by atoms with Crippen LogP contribution in [0.3, 0.4) is 0 Å². The van der Waals surface area contributed by atoms with Gasteiger partial charge in [-0.1, -0.05) is 184 Å². The van der Waals surface area contributed by atoms with Gasteiger partial charge in [0.05, 0.1) is 0 Å². The maximum atomic E-state index is 6.98. The molecule has 0 radical (unpaired) electrons. The lowest BCUT2D eigenvalue weighted by molar-refractivity contribution is 0.653. The largest absolute Gasteiger partial charge is 0.455 e. The van der Waals surface area contributed by atoms with Crippen molar-refractivity contribution < 1.29 is 4.42 Å². The van der Waals surface area contributed by atoms with Crippen molar-refractivity contribution in [2.24, 2.45) is 0 Å². The molecule has 0 unspecified atom stereocenters. The topological polar surface area (TPSA) is 13.1 Å². The number of fused-ring (bicyclic) bond motifs is 12. The average molecular weight is 713 g/mol. The fourth-order valence-electron chi connectivity index (χ4n) is 10.0. The van der Waals surface area contributed by atoms with Crippen molar-refractivity contribution in [3.63, 3.8) is 0 Å². The van der Waals surface area contributed by atoms with E-state index < -0.39 is 0 Å². The summed E-state index contributed by atoms with van der Waals surface area (Å²) in [6, 6.07) is 67.0. The van der Waals surface area contributed by atoms with Crippen LogP contribution in [0.15, 0.2) is 186 Å². The first-order chi connectivity index (χ1) is 27.5. The van der Waals surface area contributed by atoms with Crippen LogP contribution < -0.4 is 0 Å². The fourth-order valence-corrected chi connectivity index (χ4v) is 10.0. The van der Waals surface area contributed by atoms with E-state index in [4.69, 9.17) is 4.42 Å². The SMILES string of the molecule is CC1(C)c2ccccc2-c2c1ccc1c2oc2cc(-c3ccc(-c4c5ccccc5c(-c5ccc6ccccc6c5)c5ccccc45)cc3)c3ccccc3c21.